The van der Waals surface area contributed by atoms with Crippen LogP contribution in [0.5, 0.6) is 5.75 Å². The molecule has 1 unspecified atom stereocenters. The Labute approximate surface area is 292 Å². The number of ether oxygens (including phenoxy) is 1. The Morgan fingerprint density at radius 3 is 2.15 bits per heavy atom. The number of hydrogen-bond donors (Lipinski definition) is 1. The fourth-order valence-corrected chi connectivity index (χ4v) is 7.90. The maximum atomic E-state index is 14.8. The molecule has 1 aliphatic rings. The third kappa shape index (κ3) is 8.32. The number of amides is 2. The van der Waals surface area contributed by atoms with Crippen molar-refractivity contribution in [2.75, 3.05) is 18.0 Å². The highest BCUT2D eigenvalue weighted by molar-refractivity contribution is 7.92. The van der Waals surface area contributed by atoms with Crippen molar-refractivity contribution >= 4 is 50.7 Å². The molecule has 4 aromatic rings. The molecular weight excluding hydrogens is 669 g/mol. The van der Waals surface area contributed by atoms with Crippen LogP contribution in [0, 0.1) is 6.92 Å². The molecule has 0 radical (unpaired) electrons. The van der Waals surface area contributed by atoms with Gasteiger partial charge in [-0.1, -0.05) is 102 Å². The van der Waals surface area contributed by atoms with Gasteiger partial charge in [0.1, 0.15) is 18.3 Å². The molecule has 5 rings (SSSR count). The van der Waals surface area contributed by atoms with Gasteiger partial charge in [-0.3, -0.25) is 13.9 Å². The number of nitrogens with zero attached hydrogens (tertiary/aromatic N) is 2. The number of hydrogen-bond acceptors (Lipinski definition) is 5. The summed E-state index contributed by atoms with van der Waals surface area (Å²) < 4.78 is 35.3. The number of sulfonamides is 1. The van der Waals surface area contributed by atoms with Gasteiger partial charge in [0, 0.05) is 34.6 Å². The molecule has 1 atom stereocenters. The fourth-order valence-electron chi connectivity index (χ4n) is 5.96. The van der Waals surface area contributed by atoms with Gasteiger partial charge in [-0.25, -0.2) is 8.42 Å². The molecule has 0 aliphatic heterocycles. The number of anilines is 1. The lowest BCUT2D eigenvalue weighted by atomic mass is 10.0. The number of para-hydroxylation sites is 2. The second-order valence-corrected chi connectivity index (χ2v) is 14.6. The van der Waals surface area contributed by atoms with E-state index in [1.165, 1.54) is 24.1 Å². The van der Waals surface area contributed by atoms with Gasteiger partial charge >= 0.3 is 0 Å². The molecule has 1 N–H and O–H groups in total. The van der Waals surface area contributed by atoms with Crippen LogP contribution >= 0.6 is 23.2 Å². The number of halogens is 2. The van der Waals surface area contributed by atoms with Crippen LogP contribution in [0.25, 0.3) is 0 Å². The monoisotopic (exact) mass is 707 g/mol. The Balaban J connectivity index is 1.61. The topological polar surface area (TPSA) is 96.0 Å². The van der Waals surface area contributed by atoms with Gasteiger partial charge in [-0.05, 0) is 61.7 Å². The maximum absolute atomic E-state index is 14.8. The molecule has 2 amide bonds. The molecule has 48 heavy (non-hydrogen) atoms. The summed E-state index contributed by atoms with van der Waals surface area (Å²) in [6.45, 7) is 1.11. The van der Waals surface area contributed by atoms with Crippen molar-refractivity contribution < 1.29 is 22.7 Å². The Bertz CT molecular complexity index is 1810. The lowest BCUT2D eigenvalue weighted by Gasteiger charge is -2.35. The molecule has 11 heteroatoms. The molecule has 8 nitrogen and oxygen atoms in total. The summed E-state index contributed by atoms with van der Waals surface area (Å²) in [5.74, 6) is -0.677. The molecule has 0 bridgehead atoms. The normalized spacial score (nSPS) is 13.9. The molecule has 4 aromatic carbocycles. The van der Waals surface area contributed by atoms with E-state index in [4.69, 9.17) is 27.9 Å². The first-order chi connectivity index (χ1) is 23.1. The summed E-state index contributed by atoms with van der Waals surface area (Å²) >= 11 is 13.2. The second-order valence-electron chi connectivity index (χ2n) is 11.9. The highest BCUT2D eigenvalue weighted by atomic mass is 35.5. The zero-order chi connectivity index (χ0) is 34.3. The van der Waals surface area contributed by atoms with Crippen molar-refractivity contribution in [1.82, 2.24) is 10.2 Å². The smallest absolute Gasteiger partial charge is 0.264 e. The number of aryl methyl sites for hydroxylation is 1. The second kappa shape index (κ2) is 15.9. The van der Waals surface area contributed by atoms with E-state index in [1.54, 1.807) is 54.6 Å². The van der Waals surface area contributed by atoms with Crippen LogP contribution in [-0.2, 0) is 32.6 Å². The average molecular weight is 709 g/mol. The summed E-state index contributed by atoms with van der Waals surface area (Å²) in [7, 11) is -2.85. The number of benzene rings is 4. The van der Waals surface area contributed by atoms with E-state index in [0.29, 0.717) is 15.6 Å². The van der Waals surface area contributed by atoms with E-state index in [9.17, 15) is 18.0 Å². The molecule has 0 heterocycles. The lowest BCUT2D eigenvalue weighted by molar-refractivity contribution is -0.140. The van der Waals surface area contributed by atoms with Gasteiger partial charge < -0.3 is 15.0 Å². The minimum absolute atomic E-state index is 0.00677. The predicted octanol–water partition coefficient (Wildman–Crippen LogP) is 7.20. The molecule has 0 spiro atoms. The number of carbonyl (C=O) groups excluding carboxylic acids is 2. The molecule has 1 aliphatic carbocycles. The standard InChI is InChI=1S/C37H39Cl2N3O5S/c1-26-19-21-29(22-20-26)48(45,46)42(33-17-8-9-18-35(33)47-2)25-36(43)41(24-30-31(38)15-10-16-32(30)39)34(23-27-11-4-3-5-12-27)37(44)40-28-13-6-7-14-28/h3-5,8-12,15-22,28,34H,6-7,13-14,23-25H2,1-2H3,(H,40,44). The quantitative estimate of drug-likeness (QED) is 0.159. The van der Waals surface area contributed by atoms with Crippen LogP contribution in [0.2, 0.25) is 10.0 Å². The molecule has 1 fully saturated rings. The summed E-state index contributed by atoms with van der Waals surface area (Å²) in [5, 5.41) is 3.81. The average Bonchev–Trinajstić information content (AvgIpc) is 3.60. The number of nitrogens with one attached hydrogen (secondary N) is 1. The first-order valence-electron chi connectivity index (χ1n) is 15.9. The van der Waals surface area contributed by atoms with Crippen molar-refractivity contribution in [2.45, 2.75) is 62.6 Å². The van der Waals surface area contributed by atoms with Crippen LogP contribution < -0.4 is 14.4 Å². The molecule has 0 aromatic heterocycles. The SMILES string of the molecule is COc1ccccc1N(CC(=O)N(Cc1c(Cl)cccc1Cl)C(Cc1ccccc1)C(=O)NC1CCCC1)S(=O)(=O)c1ccc(C)cc1. The van der Waals surface area contributed by atoms with Gasteiger partial charge in [0.2, 0.25) is 11.8 Å². The maximum Gasteiger partial charge on any atom is 0.264 e. The van der Waals surface area contributed by atoms with E-state index in [-0.39, 0.29) is 41.2 Å². The van der Waals surface area contributed by atoms with Crippen molar-refractivity contribution in [2.24, 2.45) is 0 Å². The van der Waals surface area contributed by atoms with Crippen molar-refractivity contribution in [1.29, 1.82) is 0 Å². The Hall–Kier alpha value is -4.05. The third-order valence-corrected chi connectivity index (χ3v) is 11.1. The van der Waals surface area contributed by atoms with Crippen molar-refractivity contribution in [3.63, 3.8) is 0 Å². The first-order valence-corrected chi connectivity index (χ1v) is 18.1. The van der Waals surface area contributed by atoms with Crippen LogP contribution in [0.3, 0.4) is 0 Å². The van der Waals surface area contributed by atoms with Gasteiger partial charge in [0.05, 0.1) is 17.7 Å². The fraction of sp³-hybridized carbons (Fsp3) is 0.297. The van der Waals surface area contributed by atoms with Gasteiger partial charge in [0.25, 0.3) is 10.0 Å². The number of rotatable bonds is 13. The Kier molecular flexibility index (Phi) is 11.7. The Morgan fingerprint density at radius 1 is 0.875 bits per heavy atom. The lowest BCUT2D eigenvalue weighted by Crippen LogP contribution is -2.54. The summed E-state index contributed by atoms with van der Waals surface area (Å²) in [5.41, 5.74) is 2.35. The zero-order valence-corrected chi connectivity index (χ0v) is 29.3. The first kappa shape index (κ1) is 35.3. The van der Waals surface area contributed by atoms with Crippen molar-refractivity contribution in [3.8, 4) is 5.75 Å². The number of methoxy groups -OCH3 is 1. The molecular formula is C37H39Cl2N3O5S. The van der Waals surface area contributed by atoms with E-state index >= 15 is 0 Å². The number of carbonyl (C=O) groups is 2. The van der Waals surface area contributed by atoms with E-state index in [0.717, 1.165) is 41.1 Å². The van der Waals surface area contributed by atoms with Crippen LogP contribution in [-0.4, -0.2) is 50.9 Å². The summed E-state index contributed by atoms with van der Waals surface area (Å²) in [4.78, 5) is 30.4. The Morgan fingerprint density at radius 2 is 1.50 bits per heavy atom. The minimum Gasteiger partial charge on any atom is -0.495 e. The molecule has 0 saturated heterocycles. The minimum atomic E-state index is -4.29. The predicted molar refractivity (Wildman–Crippen MR) is 190 cm³/mol. The molecule has 252 valence electrons. The summed E-state index contributed by atoms with van der Waals surface area (Å²) in [6, 6.07) is 26.4. The van der Waals surface area contributed by atoms with Gasteiger partial charge in [0.15, 0.2) is 0 Å². The van der Waals surface area contributed by atoms with Gasteiger partial charge in [-0.2, -0.15) is 0 Å². The van der Waals surface area contributed by atoms with E-state index < -0.39 is 28.5 Å². The zero-order valence-electron chi connectivity index (χ0n) is 26.9. The highest BCUT2D eigenvalue weighted by Gasteiger charge is 2.36. The van der Waals surface area contributed by atoms with Crippen molar-refractivity contribution in [3.05, 3.63) is 124 Å². The van der Waals surface area contributed by atoms with E-state index in [2.05, 4.69) is 5.32 Å². The third-order valence-electron chi connectivity index (χ3n) is 8.60. The van der Waals surface area contributed by atoms with Gasteiger partial charge in [-0.15, -0.1) is 0 Å². The highest BCUT2D eigenvalue weighted by Crippen LogP contribution is 2.33. The molecule has 1 saturated carbocycles. The van der Waals surface area contributed by atoms with Crippen LogP contribution in [0.1, 0.15) is 42.4 Å². The van der Waals surface area contributed by atoms with E-state index in [1.807, 2.05) is 37.3 Å². The largest absolute Gasteiger partial charge is 0.495 e. The van der Waals surface area contributed by atoms with Crippen LogP contribution in [0.4, 0.5) is 5.69 Å². The summed E-state index contributed by atoms with van der Waals surface area (Å²) in [6.07, 6.45) is 3.91. The van der Waals surface area contributed by atoms with Crippen LogP contribution in [0.15, 0.2) is 102 Å².